The Morgan fingerprint density at radius 3 is 1.86 bits per heavy atom. The average molecular weight is 297 g/mol. The van der Waals surface area contributed by atoms with Crippen LogP contribution in [0, 0.1) is 0 Å². The minimum Gasteiger partial charge on any atom is -0.308 e. The summed E-state index contributed by atoms with van der Waals surface area (Å²) in [5, 5.41) is 2.27. The van der Waals surface area contributed by atoms with Crippen LogP contribution in [0.1, 0.15) is 11.6 Å². The van der Waals surface area contributed by atoms with E-state index >= 15 is 0 Å². The van der Waals surface area contributed by atoms with Crippen LogP contribution in [0.4, 0.5) is 17.6 Å². The van der Waals surface area contributed by atoms with E-state index < -0.39 is 18.4 Å². The Bertz CT molecular complexity index is 567. The molecule has 112 valence electrons. The van der Waals surface area contributed by atoms with Crippen LogP contribution in [0.5, 0.6) is 0 Å². The fraction of sp³-hybridized carbons (Fsp3) is 0.250. The number of benzene rings is 2. The fourth-order valence-corrected chi connectivity index (χ4v) is 2.21. The van der Waals surface area contributed by atoms with Gasteiger partial charge in [0, 0.05) is 0 Å². The molecule has 0 aliphatic heterocycles. The third-order valence-corrected chi connectivity index (χ3v) is 3.32. The highest BCUT2D eigenvalue weighted by Gasteiger charge is 2.48. The summed E-state index contributed by atoms with van der Waals surface area (Å²) in [6.45, 7) is 0. The highest BCUT2D eigenvalue weighted by Crippen LogP contribution is 2.36. The maximum Gasteiger partial charge on any atom is 0.326 e. The van der Waals surface area contributed by atoms with Crippen molar-refractivity contribution < 1.29 is 17.6 Å². The fourth-order valence-electron chi connectivity index (χ4n) is 2.21. The molecule has 0 fully saturated rings. The van der Waals surface area contributed by atoms with Crippen molar-refractivity contribution in [2.24, 2.45) is 0 Å². The molecule has 0 spiro atoms. The van der Waals surface area contributed by atoms with Crippen molar-refractivity contribution in [1.29, 1.82) is 0 Å². The molecular weight excluding hydrogens is 282 g/mol. The SMILES string of the molecule is CNC(c1ccc(-c2ccccc2)cc1)C(F)(F)C(F)F. The van der Waals surface area contributed by atoms with Crippen LogP contribution in [-0.4, -0.2) is 19.4 Å². The predicted octanol–water partition coefficient (Wildman–Crippen LogP) is 4.51. The van der Waals surface area contributed by atoms with Gasteiger partial charge in [0.25, 0.3) is 0 Å². The molecule has 2 aromatic rings. The molecule has 0 aliphatic rings. The van der Waals surface area contributed by atoms with Gasteiger partial charge >= 0.3 is 12.3 Å². The molecule has 0 amide bonds. The summed E-state index contributed by atoms with van der Waals surface area (Å²) in [5.74, 6) is -4.12. The number of alkyl halides is 4. The second-order valence-corrected chi connectivity index (χ2v) is 4.68. The summed E-state index contributed by atoms with van der Waals surface area (Å²) in [5.41, 5.74) is 1.91. The van der Waals surface area contributed by atoms with Gasteiger partial charge in [0.15, 0.2) is 0 Å². The summed E-state index contributed by atoms with van der Waals surface area (Å²) in [6.07, 6.45) is -3.72. The first-order chi connectivity index (χ1) is 9.96. The smallest absolute Gasteiger partial charge is 0.308 e. The zero-order chi connectivity index (χ0) is 15.5. The molecule has 0 aromatic heterocycles. The van der Waals surface area contributed by atoms with Crippen molar-refractivity contribution in [3.05, 3.63) is 60.2 Å². The molecule has 21 heavy (non-hydrogen) atoms. The first-order valence-corrected chi connectivity index (χ1v) is 6.45. The Hall–Kier alpha value is -1.88. The maximum absolute atomic E-state index is 13.5. The Balaban J connectivity index is 2.29. The molecule has 1 N–H and O–H groups in total. The van der Waals surface area contributed by atoms with Crippen molar-refractivity contribution in [2.45, 2.75) is 18.4 Å². The van der Waals surface area contributed by atoms with Crippen molar-refractivity contribution in [3.8, 4) is 11.1 Å². The molecule has 1 nitrogen and oxygen atoms in total. The molecule has 0 radical (unpaired) electrons. The molecule has 0 saturated heterocycles. The van der Waals surface area contributed by atoms with E-state index in [1.54, 1.807) is 12.1 Å². The zero-order valence-corrected chi connectivity index (χ0v) is 11.4. The Kier molecular flexibility index (Phi) is 4.63. The number of rotatable bonds is 5. The van der Waals surface area contributed by atoms with Gasteiger partial charge in [-0.15, -0.1) is 0 Å². The van der Waals surface area contributed by atoms with Gasteiger partial charge in [-0.3, -0.25) is 0 Å². The third-order valence-electron chi connectivity index (χ3n) is 3.32. The lowest BCUT2D eigenvalue weighted by atomic mass is 9.97. The van der Waals surface area contributed by atoms with E-state index in [1.165, 1.54) is 19.2 Å². The van der Waals surface area contributed by atoms with Gasteiger partial charge in [0.05, 0.1) is 0 Å². The van der Waals surface area contributed by atoms with Crippen LogP contribution in [0.15, 0.2) is 54.6 Å². The molecule has 0 aliphatic carbocycles. The summed E-state index contributed by atoms with van der Waals surface area (Å²) in [6, 6.07) is 13.8. The van der Waals surface area contributed by atoms with Gasteiger partial charge in [0.1, 0.15) is 6.04 Å². The second-order valence-electron chi connectivity index (χ2n) is 4.68. The van der Waals surface area contributed by atoms with Crippen LogP contribution in [0.25, 0.3) is 11.1 Å². The van der Waals surface area contributed by atoms with Crippen LogP contribution in [0.2, 0.25) is 0 Å². The van der Waals surface area contributed by atoms with Crippen LogP contribution in [-0.2, 0) is 0 Å². The molecule has 1 atom stereocenters. The number of halogens is 4. The number of hydrogen-bond donors (Lipinski definition) is 1. The van der Waals surface area contributed by atoms with Gasteiger partial charge in [-0.1, -0.05) is 54.6 Å². The van der Waals surface area contributed by atoms with E-state index in [2.05, 4.69) is 5.32 Å². The Morgan fingerprint density at radius 2 is 1.38 bits per heavy atom. The van der Waals surface area contributed by atoms with Crippen LogP contribution >= 0.6 is 0 Å². The topological polar surface area (TPSA) is 12.0 Å². The molecule has 1 unspecified atom stereocenters. The van der Waals surface area contributed by atoms with Gasteiger partial charge < -0.3 is 5.32 Å². The maximum atomic E-state index is 13.5. The molecule has 0 saturated carbocycles. The minimum atomic E-state index is -4.12. The minimum absolute atomic E-state index is 0.127. The normalized spacial score (nSPS) is 13.4. The third kappa shape index (κ3) is 3.24. The van der Waals surface area contributed by atoms with Crippen molar-refractivity contribution in [3.63, 3.8) is 0 Å². The van der Waals surface area contributed by atoms with E-state index in [0.29, 0.717) is 0 Å². The van der Waals surface area contributed by atoms with E-state index in [-0.39, 0.29) is 5.56 Å². The highest BCUT2D eigenvalue weighted by molar-refractivity contribution is 5.63. The highest BCUT2D eigenvalue weighted by atomic mass is 19.3. The van der Waals surface area contributed by atoms with Gasteiger partial charge in [-0.2, -0.15) is 8.78 Å². The standard InChI is InChI=1S/C16H15F4N/c1-21-14(16(19,20)15(17)18)13-9-7-12(8-10-13)11-5-3-2-4-6-11/h2-10,14-15,21H,1H3. The number of hydrogen-bond acceptors (Lipinski definition) is 1. The Labute approximate surface area is 120 Å². The first-order valence-electron chi connectivity index (χ1n) is 6.45. The predicted molar refractivity (Wildman–Crippen MR) is 74.6 cm³/mol. The lowest BCUT2D eigenvalue weighted by Crippen LogP contribution is -2.41. The molecule has 2 rings (SSSR count). The quantitative estimate of drug-likeness (QED) is 0.800. The Morgan fingerprint density at radius 1 is 0.857 bits per heavy atom. The first kappa shape index (κ1) is 15.5. The summed E-state index contributed by atoms with van der Waals surface area (Å²) in [4.78, 5) is 0. The molecule has 2 aromatic carbocycles. The molecule has 0 heterocycles. The molecule has 5 heteroatoms. The van der Waals surface area contributed by atoms with Crippen LogP contribution in [0.3, 0.4) is 0 Å². The van der Waals surface area contributed by atoms with E-state index in [4.69, 9.17) is 0 Å². The largest absolute Gasteiger partial charge is 0.326 e. The van der Waals surface area contributed by atoms with Crippen molar-refractivity contribution in [1.82, 2.24) is 5.32 Å². The summed E-state index contributed by atoms with van der Waals surface area (Å²) in [7, 11) is 1.24. The van der Waals surface area contributed by atoms with Crippen LogP contribution < -0.4 is 5.32 Å². The lowest BCUT2D eigenvalue weighted by molar-refractivity contribution is -0.150. The van der Waals surface area contributed by atoms with Crippen molar-refractivity contribution in [2.75, 3.05) is 7.05 Å². The molecular formula is C16H15F4N. The number of nitrogens with one attached hydrogen (secondary N) is 1. The van der Waals surface area contributed by atoms with E-state index in [9.17, 15) is 17.6 Å². The lowest BCUT2D eigenvalue weighted by Gasteiger charge is -2.26. The molecule has 0 bridgehead atoms. The van der Waals surface area contributed by atoms with E-state index in [0.717, 1.165) is 11.1 Å². The second kappa shape index (κ2) is 6.26. The monoisotopic (exact) mass is 297 g/mol. The van der Waals surface area contributed by atoms with Gasteiger partial charge in [0.2, 0.25) is 0 Å². The zero-order valence-electron chi connectivity index (χ0n) is 11.4. The average Bonchev–Trinajstić information content (AvgIpc) is 2.49. The van der Waals surface area contributed by atoms with Gasteiger partial charge in [-0.25, -0.2) is 8.78 Å². The van der Waals surface area contributed by atoms with Crippen molar-refractivity contribution >= 4 is 0 Å². The summed E-state index contributed by atoms with van der Waals surface area (Å²) >= 11 is 0. The van der Waals surface area contributed by atoms with Gasteiger partial charge in [-0.05, 0) is 23.7 Å². The van der Waals surface area contributed by atoms with E-state index in [1.807, 2.05) is 30.3 Å². The summed E-state index contributed by atoms with van der Waals surface area (Å²) < 4.78 is 52.0.